The summed E-state index contributed by atoms with van der Waals surface area (Å²) in [7, 11) is 0. The van der Waals surface area contributed by atoms with Crippen molar-refractivity contribution >= 4 is 33.6 Å². The second-order valence-corrected chi connectivity index (χ2v) is 6.13. The predicted molar refractivity (Wildman–Crippen MR) is 76.0 cm³/mol. The van der Waals surface area contributed by atoms with Gasteiger partial charge in [-0.05, 0) is 39.9 Å². The summed E-state index contributed by atoms with van der Waals surface area (Å²) in [6, 6.07) is 1.76. The molecule has 0 aliphatic rings. The van der Waals surface area contributed by atoms with Crippen LogP contribution in [0.3, 0.4) is 0 Å². The number of pyridine rings is 1. The number of aliphatic carboxylic acids is 1. The van der Waals surface area contributed by atoms with Crippen molar-refractivity contribution in [2.45, 2.75) is 33.6 Å². The molecule has 0 saturated carbocycles. The molecule has 1 aromatic rings. The number of amides is 1. The second kappa shape index (κ2) is 6.14. The number of aryl methyl sites for hydroxylation is 1. The minimum Gasteiger partial charge on any atom is -0.481 e. The minimum atomic E-state index is -0.907. The van der Waals surface area contributed by atoms with Gasteiger partial charge in [0.25, 0.3) is 0 Å². The maximum Gasteiger partial charge on any atom is 0.303 e. The lowest BCUT2D eigenvalue weighted by molar-refractivity contribution is -0.139. The normalized spacial score (nSPS) is 11.2. The van der Waals surface area contributed by atoms with Gasteiger partial charge in [0.1, 0.15) is 5.82 Å². The van der Waals surface area contributed by atoms with Gasteiger partial charge in [-0.25, -0.2) is 4.98 Å². The number of carbonyl (C=O) groups is 2. The third kappa shape index (κ3) is 5.38. The molecule has 0 unspecified atom stereocenters. The van der Waals surface area contributed by atoms with Gasteiger partial charge in [-0.1, -0.05) is 13.8 Å². The zero-order chi connectivity index (χ0) is 14.6. The molecule has 0 bridgehead atoms. The van der Waals surface area contributed by atoms with Crippen molar-refractivity contribution in [3.63, 3.8) is 0 Å². The third-order valence-corrected chi connectivity index (χ3v) is 3.41. The van der Waals surface area contributed by atoms with Crippen molar-refractivity contribution < 1.29 is 14.7 Å². The fourth-order valence-corrected chi connectivity index (χ4v) is 1.92. The van der Waals surface area contributed by atoms with E-state index in [2.05, 4.69) is 26.2 Å². The first kappa shape index (κ1) is 15.6. The molecule has 19 heavy (non-hydrogen) atoms. The van der Waals surface area contributed by atoms with Crippen LogP contribution in [0.25, 0.3) is 0 Å². The molecule has 104 valence electrons. The molecule has 2 N–H and O–H groups in total. The number of anilines is 1. The Hall–Kier alpha value is -1.43. The largest absolute Gasteiger partial charge is 0.481 e. The Morgan fingerprint density at radius 3 is 2.58 bits per heavy atom. The topological polar surface area (TPSA) is 79.3 Å². The van der Waals surface area contributed by atoms with E-state index in [4.69, 9.17) is 5.11 Å². The van der Waals surface area contributed by atoms with Gasteiger partial charge in [0, 0.05) is 17.1 Å². The maximum absolute atomic E-state index is 11.9. The molecule has 0 fully saturated rings. The molecule has 1 amide bonds. The quantitative estimate of drug-likeness (QED) is 0.870. The molecule has 0 saturated heterocycles. The Bertz CT molecular complexity index is 501. The zero-order valence-electron chi connectivity index (χ0n) is 11.2. The number of halogens is 1. The number of hydrogen-bond acceptors (Lipinski definition) is 3. The first-order valence-electron chi connectivity index (χ1n) is 5.83. The Morgan fingerprint density at radius 1 is 1.42 bits per heavy atom. The van der Waals surface area contributed by atoms with E-state index in [9.17, 15) is 9.59 Å². The molecule has 1 aromatic heterocycles. The summed E-state index contributed by atoms with van der Waals surface area (Å²) in [5, 5.41) is 11.4. The number of carboxylic acids is 1. The van der Waals surface area contributed by atoms with Crippen LogP contribution in [-0.4, -0.2) is 22.0 Å². The fraction of sp³-hybridized carbons (Fsp3) is 0.462. The monoisotopic (exact) mass is 328 g/mol. The molecule has 6 heteroatoms. The van der Waals surface area contributed by atoms with Crippen molar-refractivity contribution in [3.05, 3.63) is 22.3 Å². The van der Waals surface area contributed by atoms with E-state index in [1.807, 2.05) is 6.92 Å². The van der Waals surface area contributed by atoms with E-state index in [1.165, 1.54) is 0 Å². The number of aromatic nitrogens is 1. The van der Waals surface area contributed by atoms with Crippen LogP contribution in [0.4, 0.5) is 5.82 Å². The molecule has 0 radical (unpaired) electrons. The highest BCUT2D eigenvalue weighted by Gasteiger charge is 2.25. The van der Waals surface area contributed by atoms with Gasteiger partial charge in [0.2, 0.25) is 5.91 Å². The van der Waals surface area contributed by atoms with Crippen LogP contribution in [0.1, 0.15) is 32.3 Å². The number of hydrogen-bond donors (Lipinski definition) is 2. The molecule has 0 atom stereocenters. The molecule has 5 nitrogen and oxygen atoms in total. The number of carbonyl (C=O) groups excluding carboxylic acids is 1. The highest BCUT2D eigenvalue weighted by molar-refractivity contribution is 9.10. The number of nitrogens with one attached hydrogen (secondary N) is 1. The molecule has 0 spiro atoms. The Kier molecular flexibility index (Phi) is 5.05. The maximum atomic E-state index is 11.9. The lowest BCUT2D eigenvalue weighted by atomic mass is 9.85. The number of nitrogens with zero attached hydrogens (tertiary/aromatic N) is 1. The summed E-state index contributed by atoms with van der Waals surface area (Å²) in [4.78, 5) is 26.6. The van der Waals surface area contributed by atoms with Gasteiger partial charge in [-0.2, -0.15) is 0 Å². The fourth-order valence-electron chi connectivity index (χ4n) is 1.70. The molecular formula is C13H17BrN2O3. The van der Waals surface area contributed by atoms with Gasteiger partial charge in [-0.3, -0.25) is 9.59 Å². The Balaban J connectivity index is 2.64. The van der Waals surface area contributed by atoms with E-state index >= 15 is 0 Å². The van der Waals surface area contributed by atoms with Crippen molar-refractivity contribution in [1.29, 1.82) is 0 Å². The van der Waals surface area contributed by atoms with Crippen LogP contribution in [-0.2, 0) is 9.59 Å². The average Bonchev–Trinajstić information content (AvgIpc) is 2.20. The molecule has 0 aliphatic heterocycles. The van der Waals surface area contributed by atoms with Crippen molar-refractivity contribution in [1.82, 2.24) is 4.98 Å². The summed E-state index contributed by atoms with van der Waals surface area (Å²) in [6.45, 7) is 5.40. The second-order valence-electron chi connectivity index (χ2n) is 5.28. The SMILES string of the molecule is Cc1cc(NC(=O)CC(C)(C)CC(=O)O)ncc1Br. The summed E-state index contributed by atoms with van der Waals surface area (Å²) in [5.74, 6) is -0.673. The van der Waals surface area contributed by atoms with E-state index < -0.39 is 11.4 Å². The lowest BCUT2D eigenvalue weighted by Crippen LogP contribution is -2.25. The highest BCUT2D eigenvalue weighted by atomic mass is 79.9. The van der Waals surface area contributed by atoms with Gasteiger partial charge < -0.3 is 10.4 Å². The average molecular weight is 329 g/mol. The molecule has 0 aliphatic carbocycles. The molecule has 1 rings (SSSR count). The third-order valence-electron chi connectivity index (χ3n) is 2.58. The summed E-state index contributed by atoms with van der Waals surface area (Å²) < 4.78 is 0.872. The van der Waals surface area contributed by atoms with Crippen molar-refractivity contribution in [3.8, 4) is 0 Å². The van der Waals surface area contributed by atoms with Crippen molar-refractivity contribution in [2.24, 2.45) is 5.41 Å². The van der Waals surface area contributed by atoms with Gasteiger partial charge in [0.15, 0.2) is 0 Å². The lowest BCUT2D eigenvalue weighted by Gasteiger charge is -2.21. The number of rotatable bonds is 5. The Morgan fingerprint density at radius 2 is 2.05 bits per heavy atom. The van der Waals surface area contributed by atoms with Crippen LogP contribution >= 0.6 is 15.9 Å². The van der Waals surface area contributed by atoms with Crippen LogP contribution < -0.4 is 5.32 Å². The molecular weight excluding hydrogens is 312 g/mol. The minimum absolute atomic E-state index is 0.0484. The first-order valence-corrected chi connectivity index (χ1v) is 6.63. The summed E-state index contributed by atoms with van der Waals surface area (Å²) in [6.07, 6.45) is 1.71. The van der Waals surface area contributed by atoms with E-state index in [0.717, 1.165) is 10.0 Å². The highest BCUT2D eigenvalue weighted by Crippen LogP contribution is 2.25. The Labute approximate surface area is 120 Å². The van der Waals surface area contributed by atoms with Gasteiger partial charge in [-0.15, -0.1) is 0 Å². The van der Waals surface area contributed by atoms with E-state index in [1.54, 1.807) is 26.1 Å². The smallest absolute Gasteiger partial charge is 0.303 e. The van der Waals surface area contributed by atoms with Gasteiger partial charge >= 0.3 is 5.97 Å². The standard InChI is InChI=1S/C13H17BrN2O3/c1-8-4-10(15-7-9(8)14)16-11(17)5-13(2,3)6-12(18)19/h4,7H,5-6H2,1-3H3,(H,18,19)(H,15,16,17). The van der Waals surface area contributed by atoms with Gasteiger partial charge in [0.05, 0.1) is 6.42 Å². The summed E-state index contributed by atoms with van der Waals surface area (Å²) >= 11 is 3.33. The van der Waals surface area contributed by atoms with Crippen LogP contribution in [0.5, 0.6) is 0 Å². The summed E-state index contributed by atoms with van der Waals surface area (Å²) in [5.41, 5.74) is 0.385. The first-order chi connectivity index (χ1) is 8.69. The molecule has 1 heterocycles. The van der Waals surface area contributed by atoms with E-state index in [-0.39, 0.29) is 18.7 Å². The van der Waals surface area contributed by atoms with Crippen molar-refractivity contribution in [2.75, 3.05) is 5.32 Å². The predicted octanol–water partition coefficient (Wildman–Crippen LogP) is 2.98. The van der Waals surface area contributed by atoms with Crippen LogP contribution in [0.2, 0.25) is 0 Å². The zero-order valence-corrected chi connectivity index (χ0v) is 12.7. The number of carboxylic acid groups (broad SMARTS) is 1. The van der Waals surface area contributed by atoms with E-state index in [0.29, 0.717) is 5.82 Å². The van der Waals surface area contributed by atoms with Crippen LogP contribution in [0.15, 0.2) is 16.7 Å². The molecule has 0 aromatic carbocycles. The van der Waals surface area contributed by atoms with Crippen LogP contribution in [0, 0.1) is 12.3 Å².